The van der Waals surface area contributed by atoms with Crippen LogP contribution in [0.5, 0.6) is 11.5 Å². The summed E-state index contributed by atoms with van der Waals surface area (Å²) in [6.45, 7) is 3.98. The molecule has 0 aliphatic carbocycles. The Kier molecular flexibility index (Phi) is 5.56. The van der Waals surface area contributed by atoms with Crippen LogP contribution < -0.4 is 9.47 Å². The fourth-order valence-corrected chi connectivity index (χ4v) is 2.60. The molecule has 0 radical (unpaired) electrons. The molecule has 0 unspecified atom stereocenters. The van der Waals surface area contributed by atoms with Crippen molar-refractivity contribution in [3.05, 3.63) is 66.6 Å². The van der Waals surface area contributed by atoms with E-state index in [9.17, 15) is 9.90 Å². The van der Waals surface area contributed by atoms with Crippen LogP contribution in [0, 0.1) is 0 Å². The molecule has 0 fully saturated rings. The van der Waals surface area contributed by atoms with E-state index in [1.807, 2.05) is 24.3 Å². The molecule has 6 heteroatoms. The summed E-state index contributed by atoms with van der Waals surface area (Å²) in [4.78, 5) is 15.7. The van der Waals surface area contributed by atoms with E-state index in [-0.39, 0.29) is 12.3 Å². The number of hydrogen-bond donors (Lipinski definition) is 1. The highest BCUT2D eigenvalue weighted by atomic mass is 16.5. The van der Waals surface area contributed by atoms with Gasteiger partial charge in [0.25, 0.3) is 0 Å². The van der Waals surface area contributed by atoms with Gasteiger partial charge in [-0.3, -0.25) is 4.79 Å². The molecule has 0 amide bonds. The van der Waals surface area contributed by atoms with Gasteiger partial charge in [0.2, 0.25) is 5.89 Å². The Hall–Kier alpha value is -3.54. The average Bonchev–Trinajstić information content (AvgIpc) is 3.10. The third-order valence-corrected chi connectivity index (χ3v) is 3.80. The van der Waals surface area contributed by atoms with Crippen LogP contribution in [0.4, 0.5) is 0 Å². The van der Waals surface area contributed by atoms with E-state index in [0.29, 0.717) is 34.8 Å². The Morgan fingerprint density at radius 1 is 1.26 bits per heavy atom. The van der Waals surface area contributed by atoms with Gasteiger partial charge in [0.15, 0.2) is 17.1 Å². The lowest BCUT2D eigenvalue weighted by Gasteiger charge is -2.10. The van der Waals surface area contributed by atoms with Gasteiger partial charge in [-0.15, -0.1) is 0 Å². The van der Waals surface area contributed by atoms with E-state index in [0.717, 1.165) is 5.56 Å². The lowest BCUT2D eigenvalue weighted by Crippen LogP contribution is -1.98. The highest BCUT2D eigenvalue weighted by Crippen LogP contribution is 2.31. The monoisotopic (exact) mass is 365 g/mol. The molecule has 0 bridgehead atoms. The van der Waals surface area contributed by atoms with Crippen molar-refractivity contribution in [2.45, 2.75) is 6.42 Å². The number of benzene rings is 2. The largest absolute Gasteiger partial charge is 0.493 e. The van der Waals surface area contributed by atoms with E-state index in [1.54, 1.807) is 37.5 Å². The van der Waals surface area contributed by atoms with E-state index >= 15 is 0 Å². The van der Waals surface area contributed by atoms with Crippen LogP contribution >= 0.6 is 0 Å². The average molecular weight is 365 g/mol. The minimum Gasteiger partial charge on any atom is -0.493 e. The molecule has 1 N–H and O–H groups in total. The number of oxazole rings is 1. The third-order valence-electron chi connectivity index (χ3n) is 3.80. The molecule has 0 atom stereocenters. The van der Waals surface area contributed by atoms with Crippen molar-refractivity contribution < 1.29 is 23.8 Å². The Bertz CT molecular complexity index is 970. The molecule has 2 aromatic carbocycles. The van der Waals surface area contributed by atoms with Gasteiger partial charge in [-0.25, -0.2) is 4.98 Å². The normalized spacial score (nSPS) is 11.4. The van der Waals surface area contributed by atoms with Crippen LogP contribution in [0.15, 0.2) is 59.5 Å². The first-order chi connectivity index (χ1) is 13.1. The Labute approximate surface area is 156 Å². The van der Waals surface area contributed by atoms with Gasteiger partial charge in [-0.1, -0.05) is 30.9 Å². The van der Waals surface area contributed by atoms with Gasteiger partial charge in [-0.05, 0) is 35.9 Å². The summed E-state index contributed by atoms with van der Waals surface area (Å²) in [7, 11) is 1.54. The number of aromatic nitrogens is 1. The molecule has 1 aromatic heterocycles. The fourth-order valence-electron chi connectivity index (χ4n) is 2.60. The molecule has 27 heavy (non-hydrogen) atoms. The maximum absolute atomic E-state index is 11.3. The van der Waals surface area contributed by atoms with Crippen LogP contribution in [-0.2, 0) is 4.79 Å². The summed E-state index contributed by atoms with van der Waals surface area (Å²) >= 11 is 0. The maximum Gasteiger partial charge on any atom is 0.308 e. The van der Waals surface area contributed by atoms with Crippen molar-refractivity contribution in [3.63, 3.8) is 0 Å². The molecule has 6 nitrogen and oxygen atoms in total. The lowest BCUT2D eigenvalue weighted by atomic mass is 10.1. The second-order valence-electron chi connectivity index (χ2n) is 5.74. The van der Waals surface area contributed by atoms with Crippen molar-refractivity contribution >= 4 is 28.7 Å². The molecular weight excluding hydrogens is 346 g/mol. The molecule has 0 saturated heterocycles. The first kappa shape index (κ1) is 18.3. The van der Waals surface area contributed by atoms with Crippen molar-refractivity contribution in [1.82, 2.24) is 4.98 Å². The van der Waals surface area contributed by atoms with Crippen LogP contribution in [0.1, 0.15) is 17.9 Å². The van der Waals surface area contributed by atoms with E-state index in [1.165, 1.54) is 0 Å². The number of hydrogen-bond acceptors (Lipinski definition) is 5. The van der Waals surface area contributed by atoms with Crippen LogP contribution in [0.2, 0.25) is 0 Å². The first-order valence-corrected chi connectivity index (χ1v) is 8.30. The quantitative estimate of drug-likeness (QED) is 0.595. The topological polar surface area (TPSA) is 81.8 Å². The summed E-state index contributed by atoms with van der Waals surface area (Å²) in [5.41, 5.74) is 2.49. The second-order valence-corrected chi connectivity index (χ2v) is 5.74. The number of carbonyl (C=O) groups is 1. The number of rotatable bonds is 8. The molecule has 0 spiro atoms. The van der Waals surface area contributed by atoms with E-state index in [4.69, 9.17) is 13.9 Å². The number of para-hydroxylation sites is 2. The van der Waals surface area contributed by atoms with Gasteiger partial charge in [0, 0.05) is 5.57 Å². The highest BCUT2D eigenvalue weighted by molar-refractivity contribution is 5.91. The summed E-state index contributed by atoms with van der Waals surface area (Å²) in [5, 5.41) is 9.28. The molecule has 0 saturated carbocycles. The first-order valence-electron chi connectivity index (χ1n) is 8.30. The predicted molar refractivity (Wildman–Crippen MR) is 103 cm³/mol. The van der Waals surface area contributed by atoms with Gasteiger partial charge in [-0.2, -0.15) is 0 Å². The number of methoxy groups -OCH3 is 1. The van der Waals surface area contributed by atoms with Crippen molar-refractivity contribution in [1.29, 1.82) is 0 Å². The molecule has 1 heterocycles. The van der Waals surface area contributed by atoms with E-state index in [2.05, 4.69) is 11.6 Å². The smallest absolute Gasteiger partial charge is 0.308 e. The maximum atomic E-state index is 11.3. The van der Waals surface area contributed by atoms with Gasteiger partial charge < -0.3 is 19.0 Å². The number of carboxylic acids is 1. The number of carboxylic acid groups (broad SMARTS) is 1. The minimum absolute atomic E-state index is 0.218. The number of ether oxygens (including phenoxy) is 2. The molecular formula is C21H19NO5. The minimum atomic E-state index is -0.971. The predicted octanol–water partition coefficient (Wildman–Crippen LogP) is 4.42. The zero-order chi connectivity index (χ0) is 19.2. The summed E-state index contributed by atoms with van der Waals surface area (Å²) in [5.74, 6) is 0.431. The molecule has 138 valence electrons. The van der Waals surface area contributed by atoms with Crippen LogP contribution in [0.25, 0.3) is 22.7 Å². The molecule has 0 aliphatic heterocycles. The molecule has 3 aromatic rings. The Morgan fingerprint density at radius 2 is 2.07 bits per heavy atom. The Balaban J connectivity index is 2.00. The zero-order valence-electron chi connectivity index (χ0n) is 14.8. The number of aliphatic carboxylic acids is 1. The van der Waals surface area contributed by atoms with E-state index < -0.39 is 5.97 Å². The van der Waals surface area contributed by atoms with Gasteiger partial charge >= 0.3 is 5.97 Å². The third kappa shape index (κ3) is 4.36. The fraction of sp³-hybridized carbons (Fsp3) is 0.143. The number of nitrogens with zero attached hydrogens (tertiary/aromatic N) is 1. The Morgan fingerprint density at radius 3 is 2.78 bits per heavy atom. The second kappa shape index (κ2) is 8.23. The summed E-state index contributed by atoms with van der Waals surface area (Å²) in [6.07, 6.45) is 3.15. The van der Waals surface area contributed by atoms with Crippen molar-refractivity contribution in [2.75, 3.05) is 13.7 Å². The van der Waals surface area contributed by atoms with Crippen LogP contribution in [0.3, 0.4) is 0 Å². The molecule has 0 aliphatic rings. The summed E-state index contributed by atoms with van der Waals surface area (Å²) < 4.78 is 16.6. The SMILES string of the molecule is C=CCOc1ccc(/C=C(/CC(=O)O)c2nc3ccccc3o2)cc1OC. The zero-order valence-corrected chi connectivity index (χ0v) is 14.8. The van der Waals surface area contributed by atoms with Gasteiger partial charge in [0.1, 0.15) is 12.1 Å². The summed E-state index contributed by atoms with van der Waals surface area (Å²) in [6, 6.07) is 12.6. The van der Waals surface area contributed by atoms with Crippen LogP contribution in [-0.4, -0.2) is 29.8 Å². The number of fused-ring (bicyclic) bond motifs is 1. The standard InChI is InChI=1S/C21H19NO5/c1-3-10-26-18-9-8-14(12-19(18)25-2)11-15(13-20(23)24)21-22-16-6-4-5-7-17(16)27-21/h3-9,11-12H,1,10,13H2,2H3,(H,23,24)/b15-11-. The highest BCUT2D eigenvalue weighted by Gasteiger charge is 2.15. The lowest BCUT2D eigenvalue weighted by molar-refractivity contribution is -0.135. The van der Waals surface area contributed by atoms with Gasteiger partial charge in [0.05, 0.1) is 13.5 Å². The molecule has 3 rings (SSSR count). The van der Waals surface area contributed by atoms with Crippen molar-refractivity contribution in [3.8, 4) is 11.5 Å². The van der Waals surface area contributed by atoms with Crippen molar-refractivity contribution in [2.24, 2.45) is 0 Å².